The van der Waals surface area contributed by atoms with Crippen LogP contribution in [0.25, 0.3) is 0 Å². The Bertz CT molecular complexity index is 674. The number of carbonyl (C=O) groups is 1. The Balaban J connectivity index is 1.58. The maximum absolute atomic E-state index is 12.4. The largest absolute Gasteiger partial charge is 0.392 e. The molecule has 0 radical (unpaired) electrons. The van der Waals surface area contributed by atoms with Gasteiger partial charge in [0.2, 0.25) is 0 Å². The molecule has 4 bridgehead atoms. The summed E-state index contributed by atoms with van der Waals surface area (Å²) in [5.41, 5.74) is -0.342. The molecule has 1 heterocycles. The number of aliphatic hydroxyl groups excluding tert-OH is 1. The Labute approximate surface area is 141 Å². The topological polar surface area (TPSA) is 95.1 Å². The van der Waals surface area contributed by atoms with Crippen LogP contribution in [0.3, 0.4) is 0 Å². The lowest BCUT2D eigenvalue weighted by molar-refractivity contribution is -0.00953. The van der Waals surface area contributed by atoms with Crippen LogP contribution in [0, 0.1) is 17.8 Å². The number of nitrogens with one attached hydrogen (secondary N) is 2. The lowest BCUT2D eigenvalue weighted by Gasteiger charge is -2.56. The number of aromatic nitrogens is 2. The Morgan fingerprint density at radius 3 is 2.42 bits per heavy atom. The summed E-state index contributed by atoms with van der Waals surface area (Å²) in [6.45, 7) is 1.70. The highest BCUT2D eigenvalue weighted by Gasteiger charge is 2.52. The zero-order chi connectivity index (χ0) is 16.9. The lowest BCUT2D eigenvalue weighted by Crippen LogP contribution is -2.50. The van der Waals surface area contributed by atoms with Crippen LogP contribution in [0.4, 0.5) is 0 Å². The zero-order valence-electron chi connectivity index (χ0n) is 14.0. The fraction of sp³-hybridized carbons (Fsp3) is 0.722. The van der Waals surface area contributed by atoms with Gasteiger partial charge < -0.3 is 15.4 Å². The van der Waals surface area contributed by atoms with E-state index in [1.54, 1.807) is 6.92 Å². The molecule has 0 aromatic carbocycles. The Morgan fingerprint density at radius 2 is 1.92 bits per heavy atom. The summed E-state index contributed by atoms with van der Waals surface area (Å²) in [7, 11) is 0. The number of H-pyrrole nitrogens is 1. The Morgan fingerprint density at radius 1 is 1.33 bits per heavy atom. The van der Waals surface area contributed by atoms with Crippen molar-refractivity contribution in [3.8, 4) is 0 Å². The van der Waals surface area contributed by atoms with Gasteiger partial charge in [-0.25, -0.2) is 4.98 Å². The second-order valence-corrected chi connectivity index (χ2v) is 8.23. The van der Waals surface area contributed by atoms with Gasteiger partial charge in [-0.1, -0.05) is 0 Å². The molecule has 0 unspecified atom stereocenters. The standard InChI is InChI=1S/C18H25N3O3/c1-10(22)8-19-15(23)14-9-20-17(21-16(14)24)18-5-11-2-12(6-18)4-13(3-11)7-18/h9-13,22H,2-8H2,1H3,(H,19,23)(H,20,21,24)/t10-,11?,12?,13?,18?/m1/s1. The number of nitrogens with zero attached hydrogens (tertiary/aromatic N) is 1. The molecular weight excluding hydrogens is 306 g/mol. The van der Waals surface area contributed by atoms with Crippen molar-refractivity contribution in [3.05, 3.63) is 27.9 Å². The highest BCUT2D eigenvalue weighted by molar-refractivity contribution is 5.93. The SMILES string of the molecule is C[C@@H](O)CNC(=O)c1cnc(C23CC4CC(CC(C4)C2)C3)[nH]c1=O. The van der Waals surface area contributed by atoms with Gasteiger partial charge in [-0.2, -0.15) is 0 Å². The molecule has 6 heteroatoms. The van der Waals surface area contributed by atoms with E-state index in [2.05, 4.69) is 15.3 Å². The van der Waals surface area contributed by atoms with Crippen LogP contribution in [-0.2, 0) is 5.41 Å². The average Bonchev–Trinajstić information content (AvgIpc) is 2.51. The van der Waals surface area contributed by atoms with Crippen LogP contribution in [-0.4, -0.2) is 33.6 Å². The number of hydrogen-bond acceptors (Lipinski definition) is 4. The van der Waals surface area contributed by atoms with Crippen LogP contribution in [0.15, 0.2) is 11.0 Å². The molecule has 4 aliphatic rings. The summed E-state index contributed by atoms with van der Waals surface area (Å²) in [4.78, 5) is 31.9. The molecule has 24 heavy (non-hydrogen) atoms. The number of aliphatic hydroxyl groups is 1. The van der Waals surface area contributed by atoms with Gasteiger partial charge in [0.15, 0.2) is 0 Å². The Hall–Kier alpha value is -1.69. The van der Waals surface area contributed by atoms with Crippen LogP contribution in [0.1, 0.15) is 61.6 Å². The maximum atomic E-state index is 12.4. The van der Waals surface area contributed by atoms with E-state index < -0.39 is 12.0 Å². The number of carbonyl (C=O) groups excluding carboxylic acids is 1. The van der Waals surface area contributed by atoms with E-state index in [4.69, 9.17) is 0 Å². The van der Waals surface area contributed by atoms with Gasteiger partial charge in [-0.15, -0.1) is 0 Å². The summed E-state index contributed by atoms with van der Waals surface area (Å²) >= 11 is 0. The third kappa shape index (κ3) is 2.66. The van der Waals surface area contributed by atoms with Crippen LogP contribution in [0.2, 0.25) is 0 Å². The number of aromatic amines is 1. The molecule has 5 rings (SSSR count). The molecule has 6 nitrogen and oxygen atoms in total. The Kier molecular flexibility index (Phi) is 3.75. The van der Waals surface area contributed by atoms with Gasteiger partial charge in [0.25, 0.3) is 11.5 Å². The number of rotatable bonds is 4. The van der Waals surface area contributed by atoms with Crippen molar-refractivity contribution < 1.29 is 9.90 Å². The first-order valence-electron chi connectivity index (χ1n) is 9.01. The fourth-order valence-corrected chi connectivity index (χ4v) is 5.56. The molecule has 130 valence electrons. The van der Waals surface area contributed by atoms with Crippen molar-refractivity contribution in [2.75, 3.05) is 6.54 Å². The van der Waals surface area contributed by atoms with Crippen LogP contribution in [0.5, 0.6) is 0 Å². The van der Waals surface area contributed by atoms with Crippen molar-refractivity contribution in [1.29, 1.82) is 0 Å². The van der Waals surface area contributed by atoms with E-state index in [0.29, 0.717) is 0 Å². The second-order valence-electron chi connectivity index (χ2n) is 8.23. The third-order valence-electron chi connectivity index (χ3n) is 6.14. The molecular formula is C18H25N3O3. The molecule has 0 spiro atoms. The highest BCUT2D eigenvalue weighted by atomic mass is 16.3. The van der Waals surface area contributed by atoms with Crippen LogP contribution >= 0.6 is 0 Å². The lowest BCUT2D eigenvalue weighted by atomic mass is 9.49. The zero-order valence-corrected chi connectivity index (χ0v) is 14.0. The summed E-state index contributed by atoms with van der Waals surface area (Å²) in [6.07, 6.45) is 8.13. The van der Waals surface area contributed by atoms with Gasteiger partial charge in [-0.05, 0) is 63.2 Å². The summed E-state index contributed by atoms with van der Waals surface area (Å²) < 4.78 is 0. The van der Waals surface area contributed by atoms with Crippen molar-refractivity contribution in [1.82, 2.24) is 15.3 Å². The van der Waals surface area contributed by atoms with E-state index >= 15 is 0 Å². The van der Waals surface area contributed by atoms with Crippen LogP contribution < -0.4 is 10.9 Å². The minimum atomic E-state index is -0.646. The van der Waals surface area contributed by atoms with E-state index in [9.17, 15) is 14.7 Å². The highest BCUT2D eigenvalue weighted by Crippen LogP contribution is 2.59. The minimum Gasteiger partial charge on any atom is -0.392 e. The first-order valence-corrected chi connectivity index (χ1v) is 9.01. The second kappa shape index (κ2) is 5.69. The number of amides is 1. The van der Waals surface area contributed by atoms with E-state index in [-0.39, 0.29) is 23.1 Å². The monoisotopic (exact) mass is 331 g/mol. The molecule has 1 aromatic rings. The van der Waals surface area contributed by atoms with Gasteiger partial charge in [0.05, 0.1) is 6.10 Å². The van der Waals surface area contributed by atoms with Gasteiger partial charge in [0, 0.05) is 18.2 Å². The quantitative estimate of drug-likeness (QED) is 0.776. The molecule has 1 amide bonds. The van der Waals surface area contributed by atoms with Crippen molar-refractivity contribution >= 4 is 5.91 Å². The van der Waals surface area contributed by atoms with Crippen molar-refractivity contribution in [3.63, 3.8) is 0 Å². The average molecular weight is 331 g/mol. The van der Waals surface area contributed by atoms with Gasteiger partial charge >= 0.3 is 0 Å². The normalized spacial score (nSPS) is 35.0. The fourth-order valence-electron chi connectivity index (χ4n) is 5.56. The van der Waals surface area contributed by atoms with Crippen molar-refractivity contribution in [2.24, 2.45) is 17.8 Å². The summed E-state index contributed by atoms with van der Waals surface area (Å²) in [6, 6.07) is 0. The van der Waals surface area contributed by atoms with E-state index in [0.717, 1.165) is 42.8 Å². The molecule has 1 aromatic heterocycles. The first-order chi connectivity index (χ1) is 11.4. The summed E-state index contributed by atoms with van der Waals surface area (Å²) in [5, 5.41) is 11.8. The first kappa shape index (κ1) is 15.8. The smallest absolute Gasteiger partial charge is 0.263 e. The molecule has 0 saturated heterocycles. The van der Waals surface area contributed by atoms with E-state index in [1.165, 1.54) is 25.5 Å². The van der Waals surface area contributed by atoms with Gasteiger partial charge in [-0.3, -0.25) is 9.59 Å². The molecule has 3 N–H and O–H groups in total. The van der Waals surface area contributed by atoms with Crippen molar-refractivity contribution in [2.45, 2.75) is 57.0 Å². The molecule has 4 fully saturated rings. The maximum Gasteiger partial charge on any atom is 0.263 e. The predicted molar refractivity (Wildman–Crippen MR) is 88.7 cm³/mol. The molecule has 4 aliphatic carbocycles. The van der Waals surface area contributed by atoms with E-state index in [1.807, 2.05) is 0 Å². The summed E-state index contributed by atoms with van der Waals surface area (Å²) in [5.74, 6) is 2.61. The molecule has 0 aliphatic heterocycles. The van der Waals surface area contributed by atoms with Gasteiger partial charge in [0.1, 0.15) is 11.4 Å². The number of hydrogen-bond donors (Lipinski definition) is 3. The third-order valence-corrected chi connectivity index (χ3v) is 6.14. The minimum absolute atomic E-state index is 0.0164. The molecule has 1 atom stereocenters. The molecule has 4 saturated carbocycles. The predicted octanol–water partition coefficient (Wildman–Crippen LogP) is 1.35.